The van der Waals surface area contributed by atoms with E-state index in [1.807, 2.05) is 30.3 Å². The van der Waals surface area contributed by atoms with Gasteiger partial charge in [-0.3, -0.25) is 4.79 Å². The van der Waals surface area contributed by atoms with Gasteiger partial charge in [-0.1, -0.05) is 30.3 Å². The van der Waals surface area contributed by atoms with E-state index in [2.05, 4.69) is 20.6 Å². The molecule has 5 heteroatoms. The van der Waals surface area contributed by atoms with Crippen molar-refractivity contribution in [1.29, 1.82) is 0 Å². The van der Waals surface area contributed by atoms with Gasteiger partial charge >= 0.3 is 0 Å². The fourth-order valence-electron chi connectivity index (χ4n) is 1.57. The van der Waals surface area contributed by atoms with Gasteiger partial charge in [0, 0.05) is 7.05 Å². The van der Waals surface area contributed by atoms with E-state index in [1.54, 1.807) is 13.2 Å². The maximum Gasteiger partial charge on any atom is 0.230 e. The van der Waals surface area contributed by atoms with Gasteiger partial charge in [0.05, 0.1) is 18.3 Å². The van der Waals surface area contributed by atoms with E-state index >= 15 is 0 Å². The molecule has 2 N–H and O–H groups in total. The highest BCUT2D eigenvalue weighted by atomic mass is 16.1. The second kappa shape index (κ2) is 5.77. The van der Waals surface area contributed by atoms with Crippen LogP contribution in [0.3, 0.4) is 0 Å². The molecule has 1 amide bonds. The molecule has 0 aliphatic heterocycles. The molecule has 1 aromatic carbocycles. The van der Waals surface area contributed by atoms with E-state index in [1.165, 1.54) is 6.33 Å². The summed E-state index contributed by atoms with van der Waals surface area (Å²) in [6.07, 6.45) is 3.35. The molecule has 0 bridgehead atoms. The maximum atomic E-state index is 11.9. The molecule has 1 aromatic heterocycles. The Hall–Kier alpha value is -2.43. The second-order valence-corrected chi connectivity index (χ2v) is 3.75. The van der Waals surface area contributed by atoms with Crippen molar-refractivity contribution < 1.29 is 4.79 Å². The third-order valence-corrected chi connectivity index (χ3v) is 2.45. The lowest BCUT2D eigenvalue weighted by Gasteiger charge is -2.08. The van der Waals surface area contributed by atoms with Gasteiger partial charge < -0.3 is 10.6 Å². The van der Waals surface area contributed by atoms with Crippen molar-refractivity contribution in [2.24, 2.45) is 0 Å². The Morgan fingerprint density at radius 3 is 2.78 bits per heavy atom. The van der Waals surface area contributed by atoms with E-state index < -0.39 is 0 Å². The fraction of sp³-hybridized carbons (Fsp3) is 0.154. The molecule has 0 aliphatic rings. The lowest BCUT2D eigenvalue weighted by atomic mass is 10.1. The Bertz CT molecular complexity index is 528. The molecule has 0 saturated carbocycles. The minimum Gasteiger partial charge on any atom is -0.384 e. The quantitative estimate of drug-likeness (QED) is 0.856. The molecule has 0 aliphatic carbocycles. The molecule has 1 heterocycles. The number of hydrogen-bond donors (Lipinski definition) is 2. The van der Waals surface area contributed by atoms with Gasteiger partial charge in [0.2, 0.25) is 5.91 Å². The van der Waals surface area contributed by atoms with E-state index in [-0.39, 0.29) is 5.91 Å². The monoisotopic (exact) mass is 242 g/mol. The SMILES string of the molecule is CNc1cncnc1NC(=O)Cc1ccccc1. The zero-order valence-electron chi connectivity index (χ0n) is 10.1. The van der Waals surface area contributed by atoms with Crippen LogP contribution in [0, 0.1) is 0 Å². The van der Waals surface area contributed by atoms with Crippen LogP contribution in [0.2, 0.25) is 0 Å². The number of carbonyl (C=O) groups excluding carboxylic acids is 1. The maximum absolute atomic E-state index is 11.9. The molecule has 5 nitrogen and oxygen atoms in total. The Morgan fingerprint density at radius 1 is 1.28 bits per heavy atom. The number of nitrogens with zero attached hydrogens (tertiary/aromatic N) is 2. The molecular weight excluding hydrogens is 228 g/mol. The Morgan fingerprint density at radius 2 is 2.06 bits per heavy atom. The summed E-state index contributed by atoms with van der Waals surface area (Å²) in [4.78, 5) is 19.8. The third-order valence-electron chi connectivity index (χ3n) is 2.45. The molecule has 0 unspecified atom stereocenters. The normalized spacial score (nSPS) is 9.83. The number of rotatable bonds is 4. The van der Waals surface area contributed by atoms with Gasteiger partial charge in [0.1, 0.15) is 6.33 Å². The highest BCUT2D eigenvalue weighted by molar-refractivity contribution is 5.93. The van der Waals surface area contributed by atoms with Crippen LogP contribution in [0.5, 0.6) is 0 Å². The van der Waals surface area contributed by atoms with Crippen LogP contribution in [-0.2, 0) is 11.2 Å². The van der Waals surface area contributed by atoms with E-state index in [0.29, 0.717) is 17.9 Å². The third kappa shape index (κ3) is 3.04. The van der Waals surface area contributed by atoms with Crippen LogP contribution in [0.15, 0.2) is 42.9 Å². The number of nitrogens with one attached hydrogen (secondary N) is 2. The summed E-state index contributed by atoms with van der Waals surface area (Å²) < 4.78 is 0. The van der Waals surface area contributed by atoms with Crippen LogP contribution in [0.25, 0.3) is 0 Å². The molecule has 0 radical (unpaired) electrons. The van der Waals surface area contributed by atoms with E-state index in [4.69, 9.17) is 0 Å². The summed E-state index contributed by atoms with van der Waals surface area (Å²) in [5.41, 5.74) is 1.66. The molecule has 18 heavy (non-hydrogen) atoms. The van der Waals surface area contributed by atoms with Crippen LogP contribution >= 0.6 is 0 Å². The van der Waals surface area contributed by atoms with Crippen molar-refractivity contribution in [3.63, 3.8) is 0 Å². The van der Waals surface area contributed by atoms with Gasteiger partial charge in [-0.05, 0) is 5.56 Å². The minimum atomic E-state index is -0.101. The van der Waals surface area contributed by atoms with Crippen molar-refractivity contribution in [2.75, 3.05) is 17.7 Å². The molecule has 2 rings (SSSR count). The van der Waals surface area contributed by atoms with Gasteiger partial charge in [-0.25, -0.2) is 9.97 Å². The van der Waals surface area contributed by atoms with Gasteiger partial charge in [0.15, 0.2) is 5.82 Å². The van der Waals surface area contributed by atoms with Crippen molar-refractivity contribution >= 4 is 17.4 Å². The Kier molecular flexibility index (Phi) is 3.86. The lowest BCUT2D eigenvalue weighted by molar-refractivity contribution is -0.115. The summed E-state index contributed by atoms with van der Waals surface area (Å²) in [6.45, 7) is 0. The summed E-state index contributed by atoms with van der Waals surface area (Å²) in [5.74, 6) is 0.393. The first-order valence-electron chi connectivity index (χ1n) is 5.61. The number of aromatic nitrogens is 2. The topological polar surface area (TPSA) is 66.9 Å². The largest absolute Gasteiger partial charge is 0.384 e. The van der Waals surface area contributed by atoms with Crippen LogP contribution in [0.4, 0.5) is 11.5 Å². The van der Waals surface area contributed by atoms with Gasteiger partial charge in [-0.15, -0.1) is 0 Å². The molecule has 0 spiro atoms. The minimum absolute atomic E-state index is 0.101. The number of benzene rings is 1. The Labute approximate surface area is 105 Å². The number of carbonyl (C=O) groups is 1. The van der Waals surface area contributed by atoms with E-state index in [0.717, 1.165) is 5.56 Å². The smallest absolute Gasteiger partial charge is 0.230 e. The zero-order valence-corrected chi connectivity index (χ0v) is 10.1. The molecule has 0 fully saturated rings. The number of anilines is 2. The first-order chi connectivity index (χ1) is 8.79. The lowest BCUT2D eigenvalue weighted by Crippen LogP contribution is -2.16. The van der Waals surface area contributed by atoms with Crippen molar-refractivity contribution in [2.45, 2.75) is 6.42 Å². The Balaban J connectivity index is 2.03. The van der Waals surface area contributed by atoms with E-state index in [9.17, 15) is 4.79 Å². The second-order valence-electron chi connectivity index (χ2n) is 3.75. The fourth-order valence-corrected chi connectivity index (χ4v) is 1.57. The van der Waals surface area contributed by atoms with Crippen LogP contribution < -0.4 is 10.6 Å². The molecule has 0 saturated heterocycles. The number of amides is 1. The molecule has 92 valence electrons. The highest BCUT2D eigenvalue weighted by Crippen LogP contribution is 2.15. The summed E-state index contributed by atoms with van der Waals surface area (Å²) >= 11 is 0. The first kappa shape index (κ1) is 12.0. The summed E-state index contributed by atoms with van der Waals surface area (Å²) in [5, 5.41) is 5.68. The van der Waals surface area contributed by atoms with Crippen molar-refractivity contribution in [3.05, 3.63) is 48.4 Å². The first-order valence-corrected chi connectivity index (χ1v) is 5.61. The standard InChI is InChI=1S/C13H14N4O/c1-14-11-8-15-9-16-13(11)17-12(18)7-10-5-3-2-4-6-10/h2-6,8-9,14H,7H2,1H3,(H,15,16,17,18). The molecular formula is C13H14N4O. The van der Waals surface area contributed by atoms with Crippen molar-refractivity contribution in [1.82, 2.24) is 9.97 Å². The number of hydrogen-bond acceptors (Lipinski definition) is 4. The zero-order chi connectivity index (χ0) is 12.8. The highest BCUT2D eigenvalue weighted by Gasteiger charge is 2.07. The van der Waals surface area contributed by atoms with Gasteiger partial charge in [-0.2, -0.15) is 0 Å². The average molecular weight is 242 g/mol. The summed E-state index contributed by atoms with van der Waals surface area (Å²) in [7, 11) is 1.76. The van der Waals surface area contributed by atoms with Crippen LogP contribution in [0.1, 0.15) is 5.56 Å². The average Bonchev–Trinajstić information content (AvgIpc) is 2.40. The van der Waals surface area contributed by atoms with Crippen LogP contribution in [-0.4, -0.2) is 22.9 Å². The molecule has 2 aromatic rings. The predicted octanol–water partition coefficient (Wildman–Crippen LogP) is 1.70. The molecule has 0 atom stereocenters. The summed E-state index contributed by atoms with van der Waals surface area (Å²) in [6, 6.07) is 9.57. The van der Waals surface area contributed by atoms with Gasteiger partial charge in [0.25, 0.3) is 0 Å². The van der Waals surface area contributed by atoms with Crippen molar-refractivity contribution in [3.8, 4) is 0 Å². The predicted molar refractivity (Wildman–Crippen MR) is 70.4 cm³/mol.